The fourth-order valence-electron chi connectivity index (χ4n) is 2.76. The Morgan fingerprint density at radius 2 is 2.00 bits per heavy atom. The molecule has 0 atom stereocenters. The van der Waals surface area contributed by atoms with Crippen molar-refractivity contribution in [2.75, 3.05) is 13.6 Å². The molecule has 0 N–H and O–H groups in total. The van der Waals surface area contributed by atoms with Crippen molar-refractivity contribution in [2.45, 2.75) is 26.1 Å². The molecular weight excluding hydrogens is 351 g/mol. The van der Waals surface area contributed by atoms with Crippen LogP contribution >= 0.6 is 0 Å². The summed E-state index contributed by atoms with van der Waals surface area (Å²) >= 11 is 0. The molecule has 0 aliphatic carbocycles. The molecule has 2 nitrogen and oxygen atoms in total. The molecule has 0 aliphatic rings. The number of allylic oxidation sites excluding steroid dienone is 1. The van der Waals surface area contributed by atoms with Gasteiger partial charge in [-0.15, -0.1) is 0 Å². The maximum atomic E-state index is 12.7. The third-order valence-corrected chi connectivity index (χ3v) is 4.10. The van der Waals surface area contributed by atoms with Crippen LogP contribution < -0.4 is 0 Å². The van der Waals surface area contributed by atoms with Crippen molar-refractivity contribution in [3.63, 3.8) is 0 Å². The summed E-state index contributed by atoms with van der Waals surface area (Å²) in [6, 6.07) is 5.33. The number of hydrogen-bond acceptors (Lipinski definition) is 2. The summed E-state index contributed by atoms with van der Waals surface area (Å²) in [7, 11) is 2.00. The molecule has 1 heterocycles. The number of furan rings is 1. The van der Waals surface area contributed by atoms with Crippen LogP contribution in [0.4, 0.5) is 13.2 Å². The fraction of sp³-hybridized carbons (Fsp3) is 0.273. The zero-order valence-electron chi connectivity index (χ0n) is 15.6. The Bertz CT molecular complexity index is 815. The van der Waals surface area contributed by atoms with Gasteiger partial charge in [-0.25, -0.2) is 0 Å². The van der Waals surface area contributed by atoms with Gasteiger partial charge in [0.25, 0.3) is 0 Å². The SMILES string of the molecule is C=Cc1occ(CN(C)CC/C=C/c2cccc(C(F)(F)F)c2)c1/C=C\C. The Labute approximate surface area is 158 Å². The van der Waals surface area contributed by atoms with Crippen LogP contribution in [0.25, 0.3) is 18.2 Å². The highest BCUT2D eigenvalue weighted by Gasteiger charge is 2.30. The lowest BCUT2D eigenvalue weighted by Crippen LogP contribution is -2.18. The summed E-state index contributed by atoms with van der Waals surface area (Å²) in [6.07, 6.45) is 7.42. The van der Waals surface area contributed by atoms with Crippen LogP contribution in [0.5, 0.6) is 0 Å². The van der Waals surface area contributed by atoms with Gasteiger partial charge in [0.15, 0.2) is 0 Å². The largest absolute Gasteiger partial charge is 0.464 e. The molecule has 144 valence electrons. The molecule has 0 radical (unpaired) electrons. The molecule has 0 fully saturated rings. The van der Waals surface area contributed by atoms with E-state index < -0.39 is 11.7 Å². The van der Waals surface area contributed by atoms with Crippen LogP contribution in [0.3, 0.4) is 0 Å². The van der Waals surface area contributed by atoms with E-state index in [4.69, 9.17) is 4.42 Å². The topological polar surface area (TPSA) is 16.4 Å². The summed E-state index contributed by atoms with van der Waals surface area (Å²) in [6.45, 7) is 7.20. The maximum Gasteiger partial charge on any atom is 0.416 e. The highest BCUT2D eigenvalue weighted by atomic mass is 19.4. The minimum atomic E-state index is -4.32. The second kappa shape index (κ2) is 9.42. The highest BCUT2D eigenvalue weighted by molar-refractivity contribution is 5.63. The number of halogens is 3. The van der Waals surface area contributed by atoms with E-state index in [1.54, 1.807) is 24.5 Å². The predicted molar refractivity (Wildman–Crippen MR) is 105 cm³/mol. The molecule has 0 unspecified atom stereocenters. The molecule has 5 heteroatoms. The molecule has 2 rings (SSSR count). The van der Waals surface area contributed by atoms with Gasteiger partial charge in [-0.1, -0.05) is 43.0 Å². The molecule has 0 aliphatic heterocycles. The first-order valence-corrected chi connectivity index (χ1v) is 8.73. The van der Waals surface area contributed by atoms with Crippen LogP contribution in [-0.4, -0.2) is 18.5 Å². The first-order valence-electron chi connectivity index (χ1n) is 8.73. The molecule has 1 aromatic heterocycles. The van der Waals surface area contributed by atoms with Crippen LogP contribution in [0, 0.1) is 0 Å². The van der Waals surface area contributed by atoms with Crippen molar-refractivity contribution < 1.29 is 17.6 Å². The summed E-state index contributed by atoms with van der Waals surface area (Å²) in [5.41, 5.74) is 2.02. The average Bonchev–Trinajstić information content (AvgIpc) is 3.00. The normalized spacial score (nSPS) is 12.5. The predicted octanol–water partition coefficient (Wildman–Crippen LogP) is 6.51. The van der Waals surface area contributed by atoms with Crippen LogP contribution in [0.2, 0.25) is 0 Å². The van der Waals surface area contributed by atoms with Crippen LogP contribution in [0.15, 0.2) is 53.7 Å². The average molecular weight is 375 g/mol. The van der Waals surface area contributed by atoms with Crippen molar-refractivity contribution in [2.24, 2.45) is 0 Å². The Morgan fingerprint density at radius 3 is 2.67 bits per heavy atom. The van der Waals surface area contributed by atoms with E-state index in [0.717, 1.165) is 42.0 Å². The third-order valence-electron chi connectivity index (χ3n) is 4.10. The van der Waals surface area contributed by atoms with Gasteiger partial charge in [-0.3, -0.25) is 0 Å². The lowest BCUT2D eigenvalue weighted by Gasteiger charge is -2.15. The summed E-state index contributed by atoms with van der Waals surface area (Å²) in [5, 5.41) is 0. The standard InChI is InChI=1S/C22H24F3NO/c1-4-9-20-18(16-27-21(20)5-2)15-26(3)13-7-6-10-17-11-8-12-19(14-17)22(23,24)25/h4-6,8-12,14,16H,2,7,13,15H2,1,3H3/b9-4-,10-6+. The van der Waals surface area contributed by atoms with E-state index >= 15 is 0 Å². The summed E-state index contributed by atoms with van der Waals surface area (Å²) in [4.78, 5) is 2.14. The van der Waals surface area contributed by atoms with Gasteiger partial charge in [0, 0.05) is 24.2 Å². The fourth-order valence-corrected chi connectivity index (χ4v) is 2.76. The minimum Gasteiger partial charge on any atom is -0.464 e. The lowest BCUT2D eigenvalue weighted by atomic mass is 10.1. The second-order valence-electron chi connectivity index (χ2n) is 6.30. The Hall–Kier alpha value is -2.53. The Balaban J connectivity index is 1.91. The second-order valence-corrected chi connectivity index (χ2v) is 6.30. The van der Waals surface area contributed by atoms with Gasteiger partial charge >= 0.3 is 6.18 Å². The molecular formula is C22H24F3NO. The van der Waals surface area contributed by atoms with Crippen molar-refractivity contribution in [3.8, 4) is 0 Å². The van der Waals surface area contributed by atoms with E-state index in [-0.39, 0.29) is 0 Å². The van der Waals surface area contributed by atoms with Crippen molar-refractivity contribution in [1.82, 2.24) is 4.90 Å². The van der Waals surface area contributed by atoms with E-state index in [2.05, 4.69) is 11.5 Å². The van der Waals surface area contributed by atoms with Gasteiger partial charge in [0.2, 0.25) is 0 Å². The Kier molecular flexibility index (Phi) is 7.25. The summed E-state index contributed by atoms with van der Waals surface area (Å²) < 4.78 is 43.7. The van der Waals surface area contributed by atoms with E-state index in [1.807, 2.05) is 32.2 Å². The first kappa shape index (κ1) is 20.8. The van der Waals surface area contributed by atoms with Gasteiger partial charge in [0.05, 0.1) is 11.8 Å². The molecule has 0 spiro atoms. The molecule has 2 aromatic rings. The van der Waals surface area contributed by atoms with E-state index in [1.165, 1.54) is 6.07 Å². The van der Waals surface area contributed by atoms with Gasteiger partial charge in [0.1, 0.15) is 5.76 Å². The summed E-state index contributed by atoms with van der Waals surface area (Å²) in [5.74, 6) is 0.751. The number of alkyl halides is 3. The number of nitrogens with zero attached hydrogens (tertiary/aromatic N) is 1. The number of benzene rings is 1. The quantitative estimate of drug-likeness (QED) is 0.523. The Morgan fingerprint density at radius 1 is 1.22 bits per heavy atom. The smallest absolute Gasteiger partial charge is 0.416 e. The maximum absolute atomic E-state index is 12.7. The minimum absolute atomic E-state index is 0.549. The van der Waals surface area contributed by atoms with Crippen molar-refractivity contribution in [3.05, 3.63) is 77.3 Å². The molecule has 0 amide bonds. The molecule has 0 bridgehead atoms. The zero-order chi connectivity index (χ0) is 19.9. The van der Waals surface area contributed by atoms with Gasteiger partial charge in [-0.05, 0) is 44.2 Å². The van der Waals surface area contributed by atoms with E-state index in [0.29, 0.717) is 12.1 Å². The van der Waals surface area contributed by atoms with E-state index in [9.17, 15) is 13.2 Å². The van der Waals surface area contributed by atoms with Gasteiger partial charge < -0.3 is 9.32 Å². The molecule has 0 saturated heterocycles. The van der Waals surface area contributed by atoms with Crippen molar-refractivity contribution in [1.29, 1.82) is 0 Å². The molecule has 0 saturated carbocycles. The molecule has 27 heavy (non-hydrogen) atoms. The third kappa shape index (κ3) is 6.00. The molecule has 1 aromatic carbocycles. The zero-order valence-corrected chi connectivity index (χ0v) is 15.6. The lowest BCUT2D eigenvalue weighted by molar-refractivity contribution is -0.137. The first-order chi connectivity index (χ1) is 12.8. The number of rotatable bonds is 8. The van der Waals surface area contributed by atoms with Crippen molar-refractivity contribution >= 4 is 18.2 Å². The van der Waals surface area contributed by atoms with Crippen LogP contribution in [-0.2, 0) is 12.7 Å². The monoisotopic (exact) mass is 375 g/mol. The highest BCUT2D eigenvalue weighted by Crippen LogP contribution is 2.29. The van der Waals surface area contributed by atoms with Crippen LogP contribution in [0.1, 0.15) is 41.4 Å². The van der Waals surface area contributed by atoms with Gasteiger partial charge in [-0.2, -0.15) is 13.2 Å². The number of hydrogen-bond donors (Lipinski definition) is 0.